The predicted octanol–water partition coefficient (Wildman–Crippen LogP) is 3.28. The molecule has 7 nitrogen and oxygen atoms in total. The van der Waals surface area contributed by atoms with Crippen molar-refractivity contribution in [1.29, 1.82) is 0 Å². The van der Waals surface area contributed by atoms with Crippen molar-refractivity contribution in [3.05, 3.63) is 64.6 Å². The summed E-state index contributed by atoms with van der Waals surface area (Å²) in [5, 5.41) is 16.1. The van der Waals surface area contributed by atoms with E-state index in [1.807, 2.05) is 0 Å². The van der Waals surface area contributed by atoms with E-state index >= 15 is 0 Å². The Morgan fingerprint density at radius 3 is 2.79 bits per heavy atom. The van der Waals surface area contributed by atoms with Gasteiger partial charge >= 0.3 is 6.36 Å². The Bertz CT molecular complexity index is 1020. The molecule has 0 unspecified atom stereocenters. The van der Waals surface area contributed by atoms with Gasteiger partial charge in [-0.25, -0.2) is 4.98 Å². The lowest BCUT2D eigenvalue weighted by Crippen LogP contribution is -2.35. The molecule has 0 bridgehead atoms. The molecule has 152 valence electrons. The molecule has 3 aromatic rings. The highest BCUT2D eigenvalue weighted by Gasteiger charge is 2.31. The Kier molecular flexibility index (Phi) is 5.87. The van der Waals surface area contributed by atoms with Gasteiger partial charge < -0.3 is 20.0 Å². The van der Waals surface area contributed by atoms with E-state index in [1.54, 1.807) is 18.2 Å². The molecule has 0 aliphatic carbocycles. The molecule has 11 heteroatoms. The maximum absolute atomic E-state index is 12.4. The van der Waals surface area contributed by atoms with Crippen LogP contribution in [0.15, 0.2) is 48.0 Å². The number of thiazole rings is 1. The van der Waals surface area contributed by atoms with E-state index in [0.717, 1.165) is 23.5 Å². The number of benzene rings is 1. The van der Waals surface area contributed by atoms with Crippen LogP contribution >= 0.6 is 11.3 Å². The number of alkyl halides is 3. The van der Waals surface area contributed by atoms with Gasteiger partial charge in [-0.15, -0.1) is 24.5 Å². The predicted molar refractivity (Wildman–Crippen MR) is 97.4 cm³/mol. The molecule has 0 aliphatic rings. The number of hydrogen-bond acceptors (Lipinski definition) is 6. The second-order valence-corrected chi connectivity index (χ2v) is 6.51. The van der Waals surface area contributed by atoms with Crippen molar-refractivity contribution in [3.63, 3.8) is 0 Å². The SMILES string of the molecule is COc1cc(OC(F)(F)F)ccc1-c1nc(C(=O)NCc2cccc[n+]2[O-])cs1. The smallest absolute Gasteiger partial charge is 0.573 e. The molecule has 1 N–H and O–H groups in total. The summed E-state index contributed by atoms with van der Waals surface area (Å²) in [6, 6.07) is 8.42. The molecule has 1 aromatic carbocycles. The van der Waals surface area contributed by atoms with Crippen molar-refractivity contribution in [1.82, 2.24) is 10.3 Å². The van der Waals surface area contributed by atoms with Crippen LogP contribution < -0.4 is 19.5 Å². The summed E-state index contributed by atoms with van der Waals surface area (Å²) < 4.78 is 46.8. The number of nitrogens with zero attached hydrogens (tertiary/aromatic N) is 2. The minimum atomic E-state index is -4.82. The summed E-state index contributed by atoms with van der Waals surface area (Å²) in [5.41, 5.74) is 0.876. The number of ether oxygens (including phenoxy) is 2. The lowest BCUT2D eigenvalue weighted by molar-refractivity contribution is -0.614. The highest BCUT2D eigenvalue weighted by Crippen LogP contribution is 2.36. The molecule has 0 saturated carbocycles. The maximum Gasteiger partial charge on any atom is 0.573 e. The van der Waals surface area contributed by atoms with E-state index in [9.17, 15) is 23.2 Å². The number of amides is 1. The van der Waals surface area contributed by atoms with Crippen LogP contribution in [0.5, 0.6) is 11.5 Å². The molecule has 29 heavy (non-hydrogen) atoms. The molecule has 0 saturated heterocycles. The maximum atomic E-state index is 12.4. The zero-order valence-electron chi connectivity index (χ0n) is 14.9. The van der Waals surface area contributed by atoms with Crippen molar-refractivity contribution < 1.29 is 32.2 Å². The molecule has 2 heterocycles. The van der Waals surface area contributed by atoms with E-state index in [-0.39, 0.29) is 18.0 Å². The molecule has 2 aromatic heterocycles. The Balaban J connectivity index is 1.75. The average Bonchev–Trinajstić information content (AvgIpc) is 3.16. The van der Waals surface area contributed by atoms with E-state index in [4.69, 9.17) is 4.74 Å². The summed E-state index contributed by atoms with van der Waals surface area (Å²) in [4.78, 5) is 16.5. The summed E-state index contributed by atoms with van der Waals surface area (Å²) in [6.07, 6.45) is -3.50. The third kappa shape index (κ3) is 5.13. The fraction of sp³-hybridized carbons (Fsp3) is 0.167. The zero-order chi connectivity index (χ0) is 21.0. The van der Waals surface area contributed by atoms with Crippen LogP contribution in [-0.2, 0) is 6.54 Å². The molecule has 3 rings (SSSR count). The largest absolute Gasteiger partial charge is 0.618 e. The topological polar surface area (TPSA) is 87.4 Å². The molecule has 0 radical (unpaired) electrons. The molecule has 0 aliphatic heterocycles. The van der Waals surface area contributed by atoms with Crippen LogP contribution in [0.25, 0.3) is 10.6 Å². The number of halogens is 3. The first-order valence-electron chi connectivity index (χ1n) is 8.12. The van der Waals surface area contributed by atoms with Crippen molar-refractivity contribution in [2.45, 2.75) is 12.9 Å². The second kappa shape index (κ2) is 8.35. The van der Waals surface area contributed by atoms with E-state index < -0.39 is 18.0 Å². The summed E-state index contributed by atoms with van der Waals surface area (Å²) in [6.45, 7) is 0.0167. The number of pyridine rings is 1. The monoisotopic (exact) mass is 425 g/mol. The Morgan fingerprint density at radius 1 is 1.31 bits per heavy atom. The number of aromatic nitrogens is 2. The van der Waals surface area contributed by atoms with Crippen molar-refractivity contribution >= 4 is 17.2 Å². The minimum Gasteiger partial charge on any atom is -0.618 e. The fourth-order valence-corrected chi connectivity index (χ4v) is 3.24. The molecule has 0 atom stereocenters. The quantitative estimate of drug-likeness (QED) is 0.484. The summed E-state index contributed by atoms with van der Waals surface area (Å²) in [7, 11) is 1.30. The highest BCUT2D eigenvalue weighted by atomic mass is 32.1. The van der Waals surface area contributed by atoms with Gasteiger partial charge in [0.05, 0.1) is 12.7 Å². The fourth-order valence-electron chi connectivity index (χ4n) is 2.41. The number of carbonyl (C=O) groups is 1. The Hall–Kier alpha value is -3.34. The molecule has 0 fully saturated rings. The van der Waals surface area contributed by atoms with Gasteiger partial charge in [-0.3, -0.25) is 4.79 Å². The van der Waals surface area contributed by atoms with Gasteiger partial charge in [-0.1, -0.05) is 0 Å². The first-order chi connectivity index (χ1) is 13.8. The molecule has 0 spiro atoms. The molecular formula is C18H14F3N3O4S. The van der Waals surface area contributed by atoms with E-state index in [2.05, 4.69) is 15.0 Å². The third-order valence-electron chi connectivity index (χ3n) is 3.71. The number of methoxy groups -OCH3 is 1. The zero-order valence-corrected chi connectivity index (χ0v) is 15.7. The van der Waals surface area contributed by atoms with Crippen LogP contribution in [0.4, 0.5) is 13.2 Å². The lowest BCUT2D eigenvalue weighted by Gasteiger charge is -2.11. The summed E-state index contributed by atoms with van der Waals surface area (Å²) >= 11 is 1.12. The van der Waals surface area contributed by atoms with Gasteiger partial charge in [0.15, 0.2) is 6.20 Å². The van der Waals surface area contributed by atoms with Crippen molar-refractivity contribution in [2.75, 3.05) is 7.11 Å². The van der Waals surface area contributed by atoms with Gasteiger partial charge in [0.1, 0.15) is 28.7 Å². The number of nitrogens with one attached hydrogen (secondary N) is 1. The van der Waals surface area contributed by atoms with Crippen molar-refractivity contribution in [3.8, 4) is 22.1 Å². The first-order valence-corrected chi connectivity index (χ1v) is 9.00. The highest BCUT2D eigenvalue weighted by molar-refractivity contribution is 7.13. The van der Waals surface area contributed by atoms with Crippen LogP contribution in [-0.4, -0.2) is 24.4 Å². The third-order valence-corrected chi connectivity index (χ3v) is 4.58. The van der Waals surface area contributed by atoms with Crippen LogP contribution in [0.3, 0.4) is 0 Å². The van der Waals surface area contributed by atoms with E-state index in [0.29, 0.717) is 21.0 Å². The van der Waals surface area contributed by atoms with Crippen LogP contribution in [0.2, 0.25) is 0 Å². The van der Waals surface area contributed by atoms with Crippen LogP contribution in [0, 0.1) is 5.21 Å². The normalized spacial score (nSPS) is 11.2. The summed E-state index contributed by atoms with van der Waals surface area (Å²) in [5.74, 6) is -0.807. The second-order valence-electron chi connectivity index (χ2n) is 5.65. The Labute approximate surface area is 166 Å². The standard InChI is InChI=1S/C18H14F3N3O4S/c1-27-15-8-12(28-18(19,20)21)5-6-13(15)17-23-14(10-29-17)16(25)22-9-11-4-2-3-7-24(11)26/h2-8,10H,9H2,1H3,(H,22,25). The van der Waals surface area contributed by atoms with Gasteiger partial charge in [-0.05, 0) is 18.2 Å². The Morgan fingerprint density at radius 2 is 2.10 bits per heavy atom. The first kappa shape index (κ1) is 20.4. The number of hydrogen-bond donors (Lipinski definition) is 1. The van der Waals surface area contributed by atoms with Gasteiger partial charge in [0.2, 0.25) is 5.69 Å². The molecular weight excluding hydrogens is 411 g/mol. The van der Waals surface area contributed by atoms with Gasteiger partial charge in [-0.2, -0.15) is 4.73 Å². The lowest BCUT2D eigenvalue weighted by atomic mass is 10.2. The van der Waals surface area contributed by atoms with Crippen LogP contribution in [0.1, 0.15) is 16.2 Å². The number of carbonyl (C=O) groups excluding carboxylic acids is 1. The minimum absolute atomic E-state index is 0.0167. The number of rotatable bonds is 6. The average molecular weight is 425 g/mol. The van der Waals surface area contributed by atoms with Gasteiger partial charge in [0, 0.05) is 23.6 Å². The molecule has 1 amide bonds. The van der Waals surface area contributed by atoms with Gasteiger partial charge in [0.25, 0.3) is 5.91 Å². The van der Waals surface area contributed by atoms with E-state index in [1.165, 1.54) is 24.8 Å². The van der Waals surface area contributed by atoms with Crippen molar-refractivity contribution in [2.24, 2.45) is 0 Å².